The van der Waals surface area contributed by atoms with Crippen LogP contribution >= 0.6 is 0 Å². The van der Waals surface area contributed by atoms with E-state index >= 15 is 0 Å². The highest BCUT2D eigenvalue weighted by atomic mass is 16.2. The Morgan fingerprint density at radius 1 is 1.35 bits per heavy atom. The smallest absolute Gasteiger partial charge is 0.242 e. The minimum absolute atomic E-state index is 0.160. The number of hydrogen-bond donors (Lipinski definition) is 1. The summed E-state index contributed by atoms with van der Waals surface area (Å²) in [4.78, 5) is 14.6. The van der Waals surface area contributed by atoms with E-state index in [1.165, 1.54) is 12.8 Å². The molecule has 1 aliphatic rings. The van der Waals surface area contributed by atoms with Crippen molar-refractivity contribution in [2.75, 3.05) is 6.54 Å². The zero-order valence-corrected chi connectivity index (χ0v) is 11.7. The largest absolute Gasteiger partial charge is 0.338 e. The van der Waals surface area contributed by atoms with Gasteiger partial charge in [0.05, 0.1) is 5.54 Å². The van der Waals surface area contributed by atoms with Crippen molar-refractivity contribution in [3.05, 3.63) is 0 Å². The zero-order valence-electron chi connectivity index (χ0n) is 11.7. The summed E-state index contributed by atoms with van der Waals surface area (Å²) in [7, 11) is 0. The van der Waals surface area contributed by atoms with Crippen molar-refractivity contribution in [1.29, 1.82) is 0 Å². The van der Waals surface area contributed by atoms with Crippen LogP contribution in [0.15, 0.2) is 0 Å². The number of nitrogens with two attached hydrogens (primary N) is 1. The van der Waals surface area contributed by atoms with Crippen LogP contribution in [0.4, 0.5) is 0 Å². The topological polar surface area (TPSA) is 46.3 Å². The van der Waals surface area contributed by atoms with Crippen LogP contribution in [0.2, 0.25) is 0 Å². The molecule has 1 saturated heterocycles. The number of rotatable bonds is 4. The molecule has 2 N–H and O–H groups in total. The number of nitrogens with zero attached hydrogens (tertiary/aromatic N) is 1. The lowest BCUT2D eigenvalue weighted by atomic mass is 9.94. The van der Waals surface area contributed by atoms with E-state index in [2.05, 4.69) is 18.7 Å². The lowest BCUT2D eigenvalue weighted by molar-refractivity contribution is -0.139. The van der Waals surface area contributed by atoms with Crippen LogP contribution in [0, 0.1) is 0 Å². The molecule has 0 aromatic carbocycles. The molecule has 2 unspecified atom stereocenters. The van der Waals surface area contributed by atoms with Crippen molar-refractivity contribution >= 4 is 5.91 Å². The van der Waals surface area contributed by atoms with Gasteiger partial charge in [0.25, 0.3) is 0 Å². The molecule has 3 nitrogen and oxygen atoms in total. The average molecular weight is 240 g/mol. The van der Waals surface area contributed by atoms with Crippen molar-refractivity contribution < 1.29 is 4.79 Å². The molecule has 1 aliphatic heterocycles. The van der Waals surface area contributed by atoms with Crippen LogP contribution in [-0.2, 0) is 4.79 Å². The number of carbonyl (C=O) groups excluding carboxylic acids is 1. The van der Waals surface area contributed by atoms with Crippen molar-refractivity contribution in [3.8, 4) is 0 Å². The summed E-state index contributed by atoms with van der Waals surface area (Å²) in [5, 5.41) is 0. The standard InChI is InChI=1S/C14H28N2O/c1-4-10-14(3,15)13(17)16-11-8-6-7-9-12(16)5-2/h12H,4-11,15H2,1-3H3. The summed E-state index contributed by atoms with van der Waals surface area (Å²) in [5.74, 6) is 0.160. The molecule has 1 rings (SSSR count). The van der Waals surface area contributed by atoms with Gasteiger partial charge in [0.15, 0.2) is 0 Å². The predicted octanol–water partition coefficient (Wildman–Crippen LogP) is 2.69. The fourth-order valence-corrected chi connectivity index (χ4v) is 2.82. The van der Waals surface area contributed by atoms with Gasteiger partial charge >= 0.3 is 0 Å². The Hall–Kier alpha value is -0.570. The molecule has 1 heterocycles. The molecule has 3 heteroatoms. The van der Waals surface area contributed by atoms with Crippen LogP contribution in [-0.4, -0.2) is 28.9 Å². The molecule has 0 aliphatic carbocycles. The average Bonchev–Trinajstić information content (AvgIpc) is 2.52. The third-order valence-electron chi connectivity index (χ3n) is 3.87. The number of carbonyl (C=O) groups is 1. The maximum Gasteiger partial charge on any atom is 0.242 e. The van der Waals surface area contributed by atoms with Crippen molar-refractivity contribution in [2.24, 2.45) is 5.73 Å². The van der Waals surface area contributed by atoms with E-state index in [4.69, 9.17) is 5.73 Å². The Morgan fingerprint density at radius 3 is 2.65 bits per heavy atom. The van der Waals surface area contributed by atoms with Gasteiger partial charge in [-0.3, -0.25) is 4.79 Å². The molecule has 0 saturated carbocycles. The first-order valence-electron chi connectivity index (χ1n) is 7.13. The summed E-state index contributed by atoms with van der Waals surface area (Å²) in [6, 6.07) is 0.407. The van der Waals surface area contributed by atoms with Crippen LogP contribution in [0.5, 0.6) is 0 Å². The molecule has 1 fully saturated rings. The predicted molar refractivity (Wildman–Crippen MR) is 71.8 cm³/mol. The quantitative estimate of drug-likeness (QED) is 0.821. The van der Waals surface area contributed by atoms with E-state index in [9.17, 15) is 4.79 Å². The van der Waals surface area contributed by atoms with Crippen molar-refractivity contribution in [1.82, 2.24) is 4.90 Å². The maximum atomic E-state index is 12.5. The lowest BCUT2D eigenvalue weighted by Crippen LogP contribution is -2.55. The van der Waals surface area contributed by atoms with Crippen LogP contribution in [0.1, 0.15) is 65.7 Å². The molecule has 1 amide bonds. The van der Waals surface area contributed by atoms with E-state index in [1.54, 1.807) is 0 Å². The lowest BCUT2D eigenvalue weighted by Gasteiger charge is -2.36. The van der Waals surface area contributed by atoms with Gasteiger partial charge in [0, 0.05) is 12.6 Å². The summed E-state index contributed by atoms with van der Waals surface area (Å²) in [5.41, 5.74) is 5.50. The van der Waals surface area contributed by atoms with E-state index < -0.39 is 5.54 Å². The van der Waals surface area contributed by atoms with Gasteiger partial charge in [-0.25, -0.2) is 0 Å². The minimum Gasteiger partial charge on any atom is -0.338 e. The molecular weight excluding hydrogens is 212 g/mol. The number of hydrogen-bond acceptors (Lipinski definition) is 2. The fourth-order valence-electron chi connectivity index (χ4n) is 2.82. The van der Waals surface area contributed by atoms with E-state index in [-0.39, 0.29) is 5.91 Å². The highest BCUT2D eigenvalue weighted by Crippen LogP contribution is 2.23. The second-order valence-electron chi connectivity index (χ2n) is 5.58. The van der Waals surface area contributed by atoms with Crippen LogP contribution in [0.25, 0.3) is 0 Å². The van der Waals surface area contributed by atoms with Crippen molar-refractivity contribution in [3.63, 3.8) is 0 Å². The molecule has 100 valence electrons. The Bertz CT molecular complexity index is 251. The first-order chi connectivity index (χ1) is 8.03. The summed E-state index contributed by atoms with van der Waals surface area (Å²) >= 11 is 0. The Kier molecular flexibility index (Phi) is 5.44. The zero-order chi connectivity index (χ0) is 12.9. The first-order valence-corrected chi connectivity index (χ1v) is 7.13. The van der Waals surface area contributed by atoms with Gasteiger partial charge in [-0.05, 0) is 32.6 Å². The normalized spacial score (nSPS) is 25.2. The summed E-state index contributed by atoms with van der Waals surface area (Å²) in [6.07, 6.45) is 7.55. The summed E-state index contributed by atoms with van der Waals surface area (Å²) < 4.78 is 0. The molecule has 0 aromatic rings. The van der Waals surface area contributed by atoms with Crippen LogP contribution in [0.3, 0.4) is 0 Å². The van der Waals surface area contributed by atoms with Gasteiger partial charge in [0.1, 0.15) is 0 Å². The Labute approximate surface area is 106 Å². The van der Waals surface area contributed by atoms with Crippen LogP contribution < -0.4 is 5.73 Å². The molecule has 0 radical (unpaired) electrons. The molecule has 17 heavy (non-hydrogen) atoms. The Morgan fingerprint density at radius 2 is 2.06 bits per heavy atom. The van der Waals surface area contributed by atoms with Gasteiger partial charge in [0.2, 0.25) is 5.91 Å². The van der Waals surface area contributed by atoms with Gasteiger partial charge < -0.3 is 10.6 Å². The molecule has 0 aromatic heterocycles. The molecule has 2 atom stereocenters. The molecule has 0 spiro atoms. The highest BCUT2D eigenvalue weighted by molar-refractivity contribution is 5.86. The SMILES string of the molecule is CCCC(C)(N)C(=O)N1CCCCCC1CC. The number of likely N-dealkylation sites (tertiary alicyclic amines) is 1. The monoisotopic (exact) mass is 240 g/mol. The van der Waals surface area contributed by atoms with E-state index in [1.807, 2.05) is 6.92 Å². The number of amides is 1. The molecular formula is C14H28N2O. The third kappa shape index (κ3) is 3.70. The second-order valence-corrected chi connectivity index (χ2v) is 5.58. The minimum atomic E-state index is -0.674. The Balaban J connectivity index is 2.76. The first kappa shape index (κ1) is 14.5. The van der Waals surface area contributed by atoms with Gasteiger partial charge in [-0.2, -0.15) is 0 Å². The van der Waals surface area contributed by atoms with E-state index in [0.717, 1.165) is 38.6 Å². The molecule has 0 bridgehead atoms. The van der Waals surface area contributed by atoms with E-state index in [0.29, 0.717) is 6.04 Å². The summed E-state index contributed by atoms with van der Waals surface area (Å²) in [6.45, 7) is 7.03. The third-order valence-corrected chi connectivity index (χ3v) is 3.87. The fraction of sp³-hybridized carbons (Fsp3) is 0.929. The van der Waals surface area contributed by atoms with Gasteiger partial charge in [-0.1, -0.05) is 33.1 Å². The van der Waals surface area contributed by atoms with Gasteiger partial charge in [-0.15, -0.1) is 0 Å². The second kappa shape index (κ2) is 6.39. The highest BCUT2D eigenvalue weighted by Gasteiger charge is 2.35. The maximum absolute atomic E-state index is 12.5. The van der Waals surface area contributed by atoms with Crippen molar-refractivity contribution in [2.45, 2.75) is 77.3 Å².